The summed E-state index contributed by atoms with van der Waals surface area (Å²) in [5.41, 5.74) is 1.59. The van der Waals surface area contributed by atoms with Gasteiger partial charge in [0.1, 0.15) is 16.2 Å². The van der Waals surface area contributed by atoms with Crippen LogP contribution in [0.25, 0.3) is 11.0 Å². The van der Waals surface area contributed by atoms with Crippen molar-refractivity contribution in [2.75, 3.05) is 10.7 Å². The molecule has 1 aliphatic heterocycles. The first-order valence-corrected chi connectivity index (χ1v) is 11.7. The molecule has 0 fully saturated rings. The number of hydrogen-bond donors (Lipinski definition) is 0. The molecule has 0 radical (unpaired) electrons. The number of thioether (sulfide) groups is 1. The molecule has 1 atom stereocenters. The molecule has 9 heteroatoms. The van der Waals surface area contributed by atoms with Crippen LogP contribution in [0.5, 0.6) is 0 Å². The highest BCUT2D eigenvalue weighted by atomic mass is 32.2. The molecule has 0 saturated heterocycles. The first kappa shape index (κ1) is 22.3. The zero-order valence-electron chi connectivity index (χ0n) is 19.0. The minimum absolute atomic E-state index is 0.0378. The van der Waals surface area contributed by atoms with Gasteiger partial charge in [0.2, 0.25) is 5.91 Å². The number of nitrogens with zero attached hydrogens (tertiary/aromatic N) is 5. The Morgan fingerprint density at radius 2 is 1.94 bits per heavy atom. The number of carbonyl (C=O) groups is 1. The van der Waals surface area contributed by atoms with Crippen LogP contribution < -0.4 is 16.1 Å². The molecular weight excluding hydrogens is 426 g/mol. The third-order valence-corrected chi connectivity index (χ3v) is 6.58. The first-order valence-electron chi connectivity index (χ1n) is 10.7. The lowest BCUT2D eigenvalue weighted by atomic mass is 10.1. The van der Waals surface area contributed by atoms with Gasteiger partial charge in [-0.05, 0) is 37.8 Å². The number of anilines is 1. The summed E-state index contributed by atoms with van der Waals surface area (Å²) >= 11 is 1.22. The molecule has 3 aromatic rings. The molecule has 168 valence electrons. The minimum Gasteiger partial charge on any atom is -0.308 e. The average Bonchev–Trinajstić information content (AvgIpc) is 3.08. The van der Waals surface area contributed by atoms with Crippen LogP contribution in [-0.4, -0.2) is 36.8 Å². The van der Waals surface area contributed by atoms with Gasteiger partial charge in [0.15, 0.2) is 5.65 Å². The van der Waals surface area contributed by atoms with Gasteiger partial charge < -0.3 is 4.90 Å². The van der Waals surface area contributed by atoms with E-state index in [-0.39, 0.29) is 29.0 Å². The zero-order valence-corrected chi connectivity index (χ0v) is 19.8. The molecule has 0 bridgehead atoms. The van der Waals surface area contributed by atoms with Crippen molar-refractivity contribution in [1.82, 2.24) is 19.1 Å². The number of benzene rings is 1. The van der Waals surface area contributed by atoms with Gasteiger partial charge in [0, 0.05) is 25.3 Å². The van der Waals surface area contributed by atoms with Gasteiger partial charge in [-0.2, -0.15) is 0 Å². The Balaban J connectivity index is 1.73. The normalized spacial score (nSPS) is 15.6. The molecule has 2 aromatic heterocycles. The van der Waals surface area contributed by atoms with Crippen molar-refractivity contribution in [1.29, 1.82) is 0 Å². The fourth-order valence-corrected chi connectivity index (χ4v) is 5.14. The molecule has 1 aromatic carbocycles. The van der Waals surface area contributed by atoms with Crippen molar-refractivity contribution in [2.24, 2.45) is 13.0 Å². The van der Waals surface area contributed by atoms with Crippen LogP contribution in [0.1, 0.15) is 32.2 Å². The second-order valence-corrected chi connectivity index (χ2v) is 9.62. The van der Waals surface area contributed by atoms with Gasteiger partial charge in [-0.15, -0.1) is 0 Å². The van der Waals surface area contributed by atoms with E-state index < -0.39 is 11.2 Å². The molecule has 1 unspecified atom stereocenters. The predicted octanol–water partition coefficient (Wildman–Crippen LogP) is 2.52. The molecular formula is C23H27N5O3S. The first-order chi connectivity index (χ1) is 15.2. The van der Waals surface area contributed by atoms with Crippen molar-refractivity contribution in [3.63, 3.8) is 0 Å². The molecule has 32 heavy (non-hydrogen) atoms. The van der Waals surface area contributed by atoms with E-state index in [2.05, 4.69) is 9.97 Å². The van der Waals surface area contributed by atoms with E-state index >= 15 is 0 Å². The number of amides is 1. The standard InChI is InChI=1S/C23H27N5O3S/c1-13(2)11-27-20-19(22(30)26(5)23(27)31)21(25-15(4)24-20)32-12-18(29)28-14(3)10-16-8-6-7-9-17(16)28/h6-9,13-14H,10-12H2,1-5H3. The van der Waals surface area contributed by atoms with Crippen LogP contribution in [0, 0.1) is 12.8 Å². The van der Waals surface area contributed by atoms with Gasteiger partial charge in [-0.25, -0.2) is 14.8 Å². The van der Waals surface area contributed by atoms with Crippen molar-refractivity contribution in [3.8, 4) is 0 Å². The summed E-state index contributed by atoms with van der Waals surface area (Å²) in [5, 5.41) is 0.713. The summed E-state index contributed by atoms with van der Waals surface area (Å²) in [5.74, 6) is 0.746. The summed E-state index contributed by atoms with van der Waals surface area (Å²) in [6.07, 6.45) is 0.824. The second kappa shape index (κ2) is 8.54. The lowest BCUT2D eigenvalue weighted by Gasteiger charge is -2.22. The van der Waals surface area contributed by atoms with Crippen LogP contribution in [0.15, 0.2) is 38.9 Å². The molecule has 3 heterocycles. The third-order valence-electron chi connectivity index (χ3n) is 5.62. The van der Waals surface area contributed by atoms with E-state index in [1.807, 2.05) is 49.9 Å². The summed E-state index contributed by atoms with van der Waals surface area (Å²) in [6, 6.07) is 8.00. The molecule has 1 aliphatic rings. The molecule has 0 spiro atoms. The summed E-state index contributed by atoms with van der Waals surface area (Å²) in [6.45, 7) is 8.20. The number of para-hydroxylation sites is 1. The average molecular weight is 454 g/mol. The topological polar surface area (TPSA) is 90.1 Å². The van der Waals surface area contributed by atoms with E-state index in [9.17, 15) is 14.4 Å². The quantitative estimate of drug-likeness (QED) is 0.436. The molecule has 0 saturated carbocycles. The largest absolute Gasteiger partial charge is 0.332 e. The van der Waals surface area contributed by atoms with Gasteiger partial charge >= 0.3 is 5.69 Å². The highest BCUT2D eigenvalue weighted by Crippen LogP contribution is 2.33. The molecule has 8 nitrogen and oxygen atoms in total. The Bertz CT molecular complexity index is 1330. The Hall–Kier alpha value is -2.94. The van der Waals surface area contributed by atoms with E-state index in [4.69, 9.17) is 0 Å². The molecule has 0 aliphatic carbocycles. The van der Waals surface area contributed by atoms with E-state index in [1.165, 1.54) is 23.4 Å². The molecule has 1 amide bonds. The van der Waals surface area contributed by atoms with Crippen LogP contribution in [-0.2, 0) is 24.8 Å². The molecule has 0 N–H and O–H groups in total. The molecule has 4 rings (SSSR count). The highest BCUT2D eigenvalue weighted by Gasteiger charge is 2.30. The second-order valence-electron chi connectivity index (χ2n) is 8.66. The van der Waals surface area contributed by atoms with E-state index in [0.29, 0.717) is 23.0 Å². The number of rotatable bonds is 5. The number of aryl methyl sites for hydroxylation is 1. The number of fused-ring (bicyclic) bond motifs is 2. The number of hydrogen-bond acceptors (Lipinski definition) is 6. The third kappa shape index (κ3) is 3.85. The van der Waals surface area contributed by atoms with E-state index in [0.717, 1.165) is 22.2 Å². The van der Waals surface area contributed by atoms with Crippen molar-refractivity contribution in [2.45, 2.75) is 51.7 Å². The van der Waals surface area contributed by atoms with Gasteiger partial charge in [-0.1, -0.05) is 43.8 Å². The van der Waals surface area contributed by atoms with Crippen molar-refractivity contribution in [3.05, 3.63) is 56.5 Å². The van der Waals surface area contributed by atoms with Gasteiger partial charge in [-0.3, -0.25) is 18.7 Å². The van der Waals surface area contributed by atoms with Crippen LogP contribution >= 0.6 is 11.8 Å². The highest BCUT2D eigenvalue weighted by molar-refractivity contribution is 8.00. The minimum atomic E-state index is -0.445. The monoisotopic (exact) mass is 453 g/mol. The number of aromatic nitrogens is 4. The van der Waals surface area contributed by atoms with Crippen molar-refractivity contribution < 1.29 is 4.79 Å². The van der Waals surface area contributed by atoms with E-state index in [1.54, 1.807) is 6.92 Å². The lowest BCUT2D eigenvalue weighted by Crippen LogP contribution is -2.40. The van der Waals surface area contributed by atoms with Crippen LogP contribution in [0.4, 0.5) is 5.69 Å². The fourth-order valence-electron chi connectivity index (χ4n) is 4.22. The smallest absolute Gasteiger partial charge is 0.308 e. The summed E-state index contributed by atoms with van der Waals surface area (Å²) in [7, 11) is 1.46. The SMILES string of the molecule is Cc1nc(SCC(=O)N2c3ccccc3CC2C)c2c(=O)n(C)c(=O)n(CC(C)C)c2n1. The Labute approximate surface area is 190 Å². The maximum absolute atomic E-state index is 13.2. The van der Waals surface area contributed by atoms with Crippen LogP contribution in [0.3, 0.4) is 0 Å². The Morgan fingerprint density at radius 1 is 1.22 bits per heavy atom. The number of carbonyl (C=O) groups excluding carboxylic acids is 1. The van der Waals surface area contributed by atoms with Crippen LogP contribution in [0.2, 0.25) is 0 Å². The lowest BCUT2D eigenvalue weighted by molar-refractivity contribution is -0.116. The maximum Gasteiger partial charge on any atom is 0.332 e. The van der Waals surface area contributed by atoms with Gasteiger partial charge in [0.05, 0.1) is 5.75 Å². The van der Waals surface area contributed by atoms with Gasteiger partial charge in [0.25, 0.3) is 5.56 Å². The zero-order chi connectivity index (χ0) is 23.2. The Morgan fingerprint density at radius 3 is 2.66 bits per heavy atom. The fraction of sp³-hybridized carbons (Fsp3) is 0.435. The maximum atomic E-state index is 13.2. The predicted molar refractivity (Wildman–Crippen MR) is 126 cm³/mol. The van der Waals surface area contributed by atoms with Crippen molar-refractivity contribution >= 4 is 34.4 Å². The Kier molecular flexibility index (Phi) is 5.94. The summed E-state index contributed by atoms with van der Waals surface area (Å²) < 4.78 is 2.62. The summed E-state index contributed by atoms with van der Waals surface area (Å²) in [4.78, 5) is 49.6.